The molecule has 2 heterocycles. The van der Waals surface area contributed by atoms with E-state index in [1.165, 1.54) is 13.2 Å². The number of ether oxygens (including phenoxy) is 1. The molecule has 3 rings (SSSR count). The number of phenolic OH excluding ortho intramolecular Hbond substituents is 2. The Labute approximate surface area is 158 Å². The predicted octanol–water partition coefficient (Wildman–Crippen LogP) is 1.37. The molecule has 0 saturated heterocycles. The first kappa shape index (κ1) is 19.6. The Hall–Kier alpha value is -2.19. The van der Waals surface area contributed by atoms with Crippen molar-refractivity contribution in [2.24, 2.45) is 0 Å². The average molecular weight is 376 g/mol. The van der Waals surface area contributed by atoms with Gasteiger partial charge in [-0.15, -0.1) is 0 Å². The Bertz CT molecular complexity index is 817. The minimum Gasteiger partial charge on any atom is -0.504 e. The summed E-state index contributed by atoms with van der Waals surface area (Å²) in [6.45, 7) is 0.636. The number of phenols is 2. The molecule has 27 heavy (non-hydrogen) atoms. The lowest BCUT2D eigenvalue weighted by Crippen LogP contribution is -2.49. The third kappa shape index (κ3) is 3.91. The van der Waals surface area contributed by atoms with Crippen LogP contribution in [0.2, 0.25) is 0 Å². The van der Waals surface area contributed by atoms with Crippen LogP contribution in [-0.4, -0.2) is 60.2 Å². The zero-order chi connectivity index (χ0) is 19.8. The lowest BCUT2D eigenvalue weighted by molar-refractivity contribution is -0.0964. The fourth-order valence-electron chi connectivity index (χ4n) is 3.71. The number of alkyl halides is 2. The number of rotatable bonds is 5. The molecular weight excluding hydrogens is 353 g/mol. The van der Waals surface area contributed by atoms with Crippen molar-refractivity contribution in [2.45, 2.75) is 31.4 Å². The molecule has 2 N–H and O–H groups in total. The summed E-state index contributed by atoms with van der Waals surface area (Å²) in [6.07, 6.45) is 2.15. The van der Waals surface area contributed by atoms with Gasteiger partial charge in [-0.3, -0.25) is 9.88 Å². The number of halogens is 2. The summed E-state index contributed by atoms with van der Waals surface area (Å²) >= 11 is 0. The highest BCUT2D eigenvalue weighted by atomic mass is 19.3. The Balaban J connectivity index is 2.13. The van der Waals surface area contributed by atoms with Gasteiger partial charge < -0.3 is 14.9 Å². The normalized spacial score (nSPS) is 20.4. The SMILES string of the molecule is Bc1ccc([C@@H]2c3c(ccc(O)c3O)C[C@@H](C)N2CC(F)(F)COC)nc1. The van der Waals surface area contributed by atoms with E-state index in [1.807, 2.05) is 20.8 Å². The van der Waals surface area contributed by atoms with Crippen LogP contribution < -0.4 is 5.46 Å². The number of nitrogens with zero attached hydrogens (tertiary/aromatic N) is 2. The molecule has 0 amide bonds. The topological polar surface area (TPSA) is 65.8 Å². The van der Waals surface area contributed by atoms with Gasteiger partial charge in [0.2, 0.25) is 0 Å². The van der Waals surface area contributed by atoms with Crippen LogP contribution in [0, 0.1) is 0 Å². The van der Waals surface area contributed by atoms with Crippen molar-refractivity contribution in [3.8, 4) is 11.5 Å². The van der Waals surface area contributed by atoms with E-state index in [0.29, 0.717) is 17.7 Å². The van der Waals surface area contributed by atoms with Crippen molar-refractivity contribution >= 4 is 13.3 Å². The smallest absolute Gasteiger partial charge is 0.283 e. The third-order valence-corrected chi connectivity index (χ3v) is 4.96. The minimum atomic E-state index is -3.06. The second-order valence-corrected chi connectivity index (χ2v) is 7.18. The average Bonchev–Trinajstić information content (AvgIpc) is 2.60. The van der Waals surface area contributed by atoms with Crippen LogP contribution in [0.1, 0.15) is 29.8 Å². The Morgan fingerprint density at radius 2 is 2.04 bits per heavy atom. The van der Waals surface area contributed by atoms with Gasteiger partial charge in [-0.25, -0.2) is 8.78 Å². The van der Waals surface area contributed by atoms with Gasteiger partial charge >= 0.3 is 0 Å². The second-order valence-electron chi connectivity index (χ2n) is 7.18. The van der Waals surface area contributed by atoms with Crippen molar-refractivity contribution in [3.63, 3.8) is 0 Å². The first-order valence-electron chi connectivity index (χ1n) is 8.82. The van der Waals surface area contributed by atoms with Crippen molar-refractivity contribution in [1.82, 2.24) is 9.88 Å². The minimum absolute atomic E-state index is 0.211. The van der Waals surface area contributed by atoms with Crippen LogP contribution >= 0.6 is 0 Å². The van der Waals surface area contributed by atoms with Gasteiger partial charge in [0.25, 0.3) is 5.92 Å². The molecule has 1 aliphatic heterocycles. The van der Waals surface area contributed by atoms with Crippen LogP contribution in [0.15, 0.2) is 30.5 Å². The predicted molar refractivity (Wildman–Crippen MR) is 101 cm³/mol. The largest absolute Gasteiger partial charge is 0.504 e. The summed E-state index contributed by atoms with van der Waals surface area (Å²) in [4.78, 5) is 6.04. The molecule has 1 aromatic carbocycles. The van der Waals surface area contributed by atoms with Gasteiger partial charge in [0.05, 0.1) is 18.3 Å². The molecule has 1 aromatic heterocycles. The lowest BCUT2D eigenvalue weighted by Gasteiger charge is -2.43. The number of pyridine rings is 1. The highest BCUT2D eigenvalue weighted by Gasteiger charge is 2.42. The summed E-state index contributed by atoms with van der Waals surface area (Å²) < 4.78 is 33.5. The Kier molecular flexibility index (Phi) is 5.39. The molecule has 0 aliphatic carbocycles. The monoisotopic (exact) mass is 376 g/mol. The molecule has 0 bridgehead atoms. The zero-order valence-electron chi connectivity index (χ0n) is 15.6. The van der Waals surface area contributed by atoms with Crippen molar-refractivity contribution < 1.29 is 23.7 Å². The molecule has 8 heteroatoms. The molecule has 0 unspecified atom stereocenters. The lowest BCUT2D eigenvalue weighted by atomic mass is 9.85. The molecular formula is C19H23BF2N2O3. The van der Waals surface area contributed by atoms with Crippen LogP contribution in [0.3, 0.4) is 0 Å². The summed E-state index contributed by atoms with van der Waals surface area (Å²) in [5.41, 5.74) is 2.73. The number of hydrogen-bond acceptors (Lipinski definition) is 5. The first-order chi connectivity index (χ1) is 12.7. The van der Waals surface area contributed by atoms with E-state index in [0.717, 1.165) is 11.0 Å². The maximum absolute atomic E-state index is 14.4. The van der Waals surface area contributed by atoms with E-state index < -0.39 is 25.1 Å². The summed E-state index contributed by atoms with van der Waals surface area (Å²) in [5.74, 6) is -3.62. The third-order valence-electron chi connectivity index (χ3n) is 4.96. The van der Waals surface area contributed by atoms with Gasteiger partial charge in [-0.05, 0) is 31.0 Å². The fraction of sp³-hybridized carbons (Fsp3) is 0.421. The molecule has 5 nitrogen and oxygen atoms in total. The van der Waals surface area contributed by atoms with Crippen molar-refractivity contribution in [3.05, 3.63) is 47.3 Å². The molecule has 144 valence electrons. The van der Waals surface area contributed by atoms with Gasteiger partial charge in [0, 0.05) is 24.9 Å². The Morgan fingerprint density at radius 1 is 1.30 bits per heavy atom. The van der Waals surface area contributed by atoms with Gasteiger partial charge in [0.15, 0.2) is 11.5 Å². The summed E-state index contributed by atoms with van der Waals surface area (Å²) in [6, 6.07) is 5.87. The highest BCUT2D eigenvalue weighted by molar-refractivity contribution is 6.32. The maximum Gasteiger partial charge on any atom is 0.283 e. The van der Waals surface area contributed by atoms with E-state index in [1.54, 1.807) is 23.2 Å². The highest BCUT2D eigenvalue weighted by Crippen LogP contribution is 2.45. The second kappa shape index (κ2) is 7.44. The van der Waals surface area contributed by atoms with E-state index in [2.05, 4.69) is 9.72 Å². The fourth-order valence-corrected chi connectivity index (χ4v) is 3.71. The summed E-state index contributed by atoms with van der Waals surface area (Å²) in [7, 11) is 3.13. The van der Waals surface area contributed by atoms with E-state index in [4.69, 9.17) is 0 Å². The maximum atomic E-state index is 14.4. The van der Waals surface area contributed by atoms with Crippen LogP contribution in [0.4, 0.5) is 8.78 Å². The van der Waals surface area contributed by atoms with Crippen molar-refractivity contribution in [2.75, 3.05) is 20.3 Å². The first-order valence-corrected chi connectivity index (χ1v) is 8.82. The molecule has 1 aliphatic rings. The van der Waals surface area contributed by atoms with Crippen LogP contribution in [0.25, 0.3) is 0 Å². The number of aromatic hydroxyl groups is 2. The summed E-state index contributed by atoms with van der Waals surface area (Å²) in [5, 5.41) is 20.5. The van der Waals surface area contributed by atoms with E-state index in [9.17, 15) is 19.0 Å². The zero-order valence-corrected chi connectivity index (χ0v) is 15.6. The molecule has 0 radical (unpaired) electrons. The number of methoxy groups -OCH3 is 1. The van der Waals surface area contributed by atoms with E-state index in [-0.39, 0.29) is 17.5 Å². The number of fused-ring (bicyclic) bond motifs is 1. The van der Waals surface area contributed by atoms with Gasteiger partial charge in [0.1, 0.15) is 14.5 Å². The standard InChI is InChI=1S/C19H23BF2N2O3/c1-11-7-12-3-6-15(25)18(26)16(12)17(14-5-4-13(20)8-23-14)24(11)9-19(21,22)10-27-2/h3-6,8,11,17,25-26H,7,9-10,20H2,1-2H3/t11-,17-/m1/s1. The number of aromatic nitrogens is 1. The number of hydrogen-bond donors (Lipinski definition) is 2. The van der Waals surface area contributed by atoms with Gasteiger partial charge in [-0.1, -0.05) is 17.6 Å². The molecule has 2 atom stereocenters. The van der Waals surface area contributed by atoms with Crippen molar-refractivity contribution in [1.29, 1.82) is 0 Å². The number of benzene rings is 1. The molecule has 0 fully saturated rings. The quantitative estimate of drug-likeness (QED) is 0.610. The molecule has 0 spiro atoms. The Morgan fingerprint density at radius 3 is 2.67 bits per heavy atom. The van der Waals surface area contributed by atoms with E-state index >= 15 is 0 Å². The van der Waals surface area contributed by atoms with Gasteiger partial charge in [-0.2, -0.15) is 0 Å². The molecule has 0 saturated carbocycles. The van der Waals surface area contributed by atoms with Crippen LogP contribution in [0.5, 0.6) is 11.5 Å². The molecule has 2 aromatic rings. The van der Waals surface area contributed by atoms with Crippen LogP contribution in [-0.2, 0) is 11.2 Å².